The number of carbonyl (C=O) groups is 2. The van der Waals surface area contributed by atoms with Crippen LogP contribution in [0.25, 0.3) is 0 Å². The van der Waals surface area contributed by atoms with Gasteiger partial charge in [0.2, 0.25) is 0 Å². The molecule has 22 heavy (non-hydrogen) atoms. The Morgan fingerprint density at radius 1 is 1.18 bits per heavy atom. The third kappa shape index (κ3) is 3.60. The number of hydrogen-bond donors (Lipinski definition) is 2. The summed E-state index contributed by atoms with van der Waals surface area (Å²) in [6.45, 7) is 1.98. The number of phenols is 1. The Bertz CT molecular complexity index is 698. The lowest BCUT2D eigenvalue weighted by Crippen LogP contribution is -2.12. The highest BCUT2D eigenvalue weighted by Crippen LogP contribution is 2.20. The first-order valence-electron chi connectivity index (χ1n) is 6.58. The Morgan fingerprint density at radius 3 is 2.50 bits per heavy atom. The van der Waals surface area contributed by atoms with E-state index in [9.17, 15) is 19.1 Å². The molecule has 0 spiro atoms. The minimum Gasteiger partial charge on any atom is -0.507 e. The topological polar surface area (TPSA) is 75.6 Å². The van der Waals surface area contributed by atoms with Crippen LogP contribution in [0.3, 0.4) is 0 Å². The van der Waals surface area contributed by atoms with Crippen LogP contribution in [-0.2, 0) is 4.74 Å². The maximum absolute atomic E-state index is 13.1. The molecule has 6 heteroatoms. The third-order valence-electron chi connectivity index (χ3n) is 2.86. The zero-order valence-corrected chi connectivity index (χ0v) is 11.8. The van der Waals surface area contributed by atoms with Crippen LogP contribution in [0.2, 0.25) is 0 Å². The number of rotatable bonds is 4. The van der Waals surface area contributed by atoms with Gasteiger partial charge in [0, 0.05) is 5.69 Å². The van der Waals surface area contributed by atoms with E-state index in [1.165, 1.54) is 24.3 Å². The minimum atomic E-state index is -0.652. The quantitative estimate of drug-likeness (QED) is 0.851. The van der Waals surface area contributed by atoms with Crippen molar-refractivity contribution >= 4 is 17.6 Å². The molecule has 0 unspecified atom stereocenters. The SMILES string of the molecule is CCOC(=O)c1ccc(NC(=O)c2cc(F)ccc2O)cc1. The summed E-state index contributed by atoms with van der Waals surface area (Å²) >= 11 is 0. The summed E-state index contributed by atoms with van der Waals surface area (Å²) in [5.41, 5.74) is 0.588. The van der Waals surface area contributed by atoms with Crippen LogP contribution in [0, 0.1) is 5.82 Å². The molecule has 0 saturated carbocycles. The Morgan fingerprint density at radius 2 is 1.86 bits per heavy atom. The minimum absolute atomic E-state index is 0.172. The molecule has 0 aliphatic carbocycles. The summed E-state index contributed by atoms with van der Waals surface area (Å²) in [6.07, 6.45) is 0. The Kier molecular flexibility index (Phi) is 4.73. The number of anilines is 1. The van der Waals surface area contributed by atoms with E-state index in [0.29, 0.717) is 11.3 Å². The van der Waals surface area contributed by atoms with Crippen molar-refractivity contribution in [1.82, 2.24) is 0 Å². The van der Waals surface area contributed by atoms with Crippen LogP contribution in [0.15, 0.2) is 42.5 Å². The second-order valence-corrected chi connectivity index (χ2v) is 4.41. The van der Waals surface area contributed by atoms with Gasteiger partial charge in [-0.1, -0.05) is 0 Å². The highest BCUT2D eigenvalue weighted by molar-refractivity contribution is 6.06. The second kappa shape index (κ2) is 6.71. The number of ether oxygens (including phenoxy) is 1. The molecular weight excluding hydrogens is 289 g/mol. The summed E-state index contributed by atoms with van der Waals surface area (Å²) in [5, 5.41) is 12.1. The van der Waals surface area contributed by atoms with Gasteiger partial charge >= 0.3 is 5.97 Å². The highest BCUT2D eigenvalue weighted by Gasteiger charge is 2.13. The highest BCUT2D eigenvalue weighted by atomic mass is 19.1. The molecule has 114 valence electrons. The van der Waals surface area contributed by atoms with Crippen LogP contribution in [0.1, 0.15) is 27.6 Å². The van der Waals surface area contributed by atoms with Gasteiger partial charge in [-0.3, -0.25) is 4.79 Å². The van der Waals surface area contributed by atoms with Gasteiger partial charge in [-0.2, -0.15) is 0 Å². The summed E-state index contributed by atoms with van der Waals surface area (Å²) < 4.78 is 18.0. The Balaban J connectivity index is 2.12. The first kappa shape index (κ1) is 15.5. The van der Waals surface area contributed by atoms with Crippen LogP contribution in [0.4, 0.5) is 10.1 Å². The predicted octanol–water partition coefficient (Wildman–Crippen LogP) is 2.96. The second-order valence-electron chi connectivity index (χ2n) is 4.41. The molecule has 2 rings (SSSR count). The van der Waals surface area contributed by atoms with E-state index >= 15 is 0 Å². The van der Waals surface area contributed by atoms with Gasteiger partial charge < -0.3 is 15.2 Å². The molecule has 0 aliphatic heterocycles. The van der Waals surface area contributed by atoms with E-state index in [1.54, 1.807) is 6.92 Å². The maximum atomic E-state index is 13.1. The van der Waals surface area contributed by atoms with Crippen molar-refractivity contribution in [3.8, 4) is 5.75 Å². The molecule has 0 bridgehead atoms. The van der Waals surface area contributed by atoms with Gasteiger partial charge in [-0.05, 0) is 49.4 Å². The zero-order valence-electron chi connectivity index (χ0n) is 11.8. The molecule has 0 heterocycles. The fraction of sp³-hybridized carbons (Fsp3) is 0.125. The molecule has 2 aromatic carbocycles. The lowest BCUT2D eigenvalue weighted by molar-refractivity contribution is 0.0526. The molecule has 0 saturated heterocycles. The van der Waals surface area contributed by atoms with Crippen LogP contribution < -0.4 is 5.32 Å². The van der Waals surface area contributed by atoms with Crippen molar-refractivity contribution < 1.29 is 23.8 Å². The van der Waals surface area contributed by atoms with Gasteiger partial charge in [0.05, 0.1) is 17.7 Å². The molecule has 0 aromatic heterocycles. The number of nitrogens with one attached hydrogen (secondary N) is 1. The van der Waals surface area contributed by atoms with Crippen LogP contribution >= 0.6 is 0 Å². The normalized spacial score (nSPS) is 10.1. The maximum Gasteiger partial charge on any atom is 0.338 e. The molecular formula is C16H14FNO4. The number of aromatic hydroxyl groups is 1. The number of esters is 1. The number of hydrogen-bond acceptors (Lipinski definition) is 4. The fourth-order valence-corrected chi connectivity index (χ4v) is 1.79. The summed E-state index contributed by atoms with van der Waals surface area (Å²) in [7, 11) is 0. The van der Waals surface area contributed by atoms with Crippen molar-refractivity contribution in [3.05, 3.63) is 59.4 Å². The number of halogens is 1. The summed E-state index contributed by atoms with van der Waals surface area (Å²) in [5.74, 6) is -2.05. The number of carbonyl (C=O) groups excluding carboxylic acids is 2. The molecule has 2 N–H and O–H groups in total. The lowest BCUT2D eigenvalue weighted by Gasteiger charge is -2.08. The van der Waals surface area contributed by atoms with Crippen molar-refractivity contribution in [3.63, 3.8) is 0 Å². The number of phenolic OH excluding ortho intramolecular Hbond substituents is 1. The Hall–Kier alpha value is -2.89. The standard InChI is InChI=1S/C16H14FNO4/c1-2-22-16(21)10-3-6-12(7-4-10)18-15(20)13-9-11(17)5-8-14(13)19/h3-9,19H,2H2,1H3,(H,18,20). The van der Waals surface area contributed by atoms with Gasteiger partial charge in [0.15, 0.2) is 0 Å². The molecule has 0 aliphatic rings. The average molecular weight is 303 g/mol. The predicted molar refractivity (Wildman–Crippen MR) is 78.4 cm³/mol. The van der Waals surface area contributed by atoms with Crippen molar-refractivity contribution in [2.45, 2.75) is 6.92 Å². The van der Waals surface area contributed by atoms with Crippen molar-refractivity contribution in [2.24, 2.45) is 0 Å². The van der Waals surface area contributed by atoms with Gasteiger partial charge in [0.25, 0.3) is 5.91 Å². The summed E-state index contributed by atoms with van der Waals surface area (Å²) in [6, 6.07) is 9.13. The van der Waals surface area contributed by atoms with Crippen molar-refractivity contribution in [2.75, 3.05) is 11.9 Å². The smallest absolute Gasteiger partial charge is 0.338 e. The average Bonchev–Trinajstić information content (AvgIpc) is 2.50. The molecule has 0 atom stereocenters. The summed E-state index contributed by atoms with van der Waals surface area (Å²) in [4.78, 5) is 23.5. The number of amides is 1. The lowest BCUT2D eigenvalue weighted by atomic mass is 10.1. The zero-order chi connectivity index (χ0) is 16.1. The van der Waals surface area contributed by atoms with E-state index in [4.69, 9.17) is 4.74 Å². The fourth-order valence-electron chi connectivity index (χ4n) is 1.79. The van der Waals surface area contributed by atoms with Crippen molar-refractivity contribution in [1.29, 1.82) is 0 Å². The third-order valence-corrected chi connectivity index (χ3v) is 2.86. The van der Waals surface area contributed by atoms with Gasteiger partial charge in [-0.15, -0.1) is 0 Å². The van der Waals surface area contributed by atoms with Gasteiger partial charge in [-0.25, -0.2) is 9.18 Å². The first-order valence-corrected chi connectivity index (χ1v) is 6.58. The molecule has 0 fully saturated rings. The molecule has 5 nitrogen and oxygen atoms in total. The van der Waals surface area contributed by atoms with Gasteiger partial charge in [0.1, 0.15) is 11.6 Å². The van der Waals surface area contributed by atoms with E-state index < -0.39 is 17.7 Å². The van der Waals surface area contributed by atoms with Crippen LogP contribution in [0.5, 0.6) is 5.75 Å². The molecule has 1 amide bonds. The number of benzene rings is 2. The molecule has 2 aromatic rings. The van der Waals surface area contributed by atoms with E-state index in [0.717, 1.165) is 18.2 Å². The first-order chi connectivity index (χ1) is 10.5. The monoisotopic (exact) mass is 303 g/mol. The molecule has 0 radical (unpaired) electrons. The van der Waals surface area contributed by atoms with E-state index in [2.05, 4.69) is 5.32 Å². The largest absolute Gasteiger partial charge is 0.507 e. The van der Waals surface area contributed by atoms with E-state index in [1.807, 2.05) is 0 Å². The van der Waals surface area contributed by atoms with Crippen LogP contribution in [-0.4, -0.2) is 23.6 Å². The Labute approximate surface area is 126 Å². The van der Waals surface area contributed by atoms with E-state index in [-0.39, 0.29) is 17.9 Å².